The molecule has 0 aromatic rings. The molecule has 3 aliphatic carbocycles. The van der Waals surface area contributed by atoms with E-state index in [2.05, 4.69) is 19.2 Å². The van der Waals surface area contributed by atoms with Crippen LogP contribution >= 0.6 is 0 Å². The van der Waals surface area contributed by atoms with Gasteiger partial charge in [0.05, 0.1) is 0 Å². The molecule has 0 aromatic heterocycles. The fourth-order valence-corrected chi connectivity index (χ4v) is 4.19. The zero-order chi connectivity index (χ0) is 11.2. The van der Waals surface area contributed by atoms with Gasteiger partial charge < -0.3 is 5.32 Å². The van der Waals surface area contributed by atoms with Crippen LogP contribution in [0.15, 0.2) is 0 Å². The van der Waals surface area contributed by atoms with E-state index in [-0.39, 0.29) is 0 Å². The van der Waals surface area contributed by atoms with E-state index < -0.39 is 0 Å². The summed E-state index contributed by atoms with van der Waals surface area (Å²) in [5.41, 5.74) is 0.737. The lowest BCUT2D eigenvalue weighted by molar-refractivity contribution is 0.0731. The van der Waals surface area contributed by atoms with Crippen LogP contribution in [0.1, 0.15) is 52.4 Å². The Morgan fingerprint density at radius 3 is 2.38 bits per heavy atom. The van der Waals surface area contributed by atoms with E-state index in [0.29, 0.717) is 0 Å². The molecular weight excluding hydrogens is 194 g/mol. The topological polar surface area (TPSA) is 12.0 Å². The molecule has 0 aliphatic heterocycles. The molecule has 1 N–H and O–H groups in total. The highest BCUT2D eigenvalue weighted by molar-refractivity contribution is 5.07. The summed E-state index contributed by atoms with van der Waals surface area (Å²) in [5, 5.41) is 3.76. The maximum absolute atomic E-state index is 3.76. The first-order chi connectivity index (χ1) is 7.70. The van der Waals surface area contributed by atoms with Gasteiger partial charge in [-0.2, -0.15) is 0 Å². The van der Waals surface area contributed by atoms with E-state index in [1.54, 1.807) is 19.3 Å². The van der Waals surface area contributed by atoms with Gasteiger partial charge in [-0.05, 0) is 67.7 Å². The molecule has 0 bridgehead atoms. The van der Waals surface area contributed by atoms with Crippen molar-refractivity contribution < 1.29 is 0 Å². The van der Waals surface area contributed by atoms with Crippen LogP contribution in [0.3, 0.4) is 0 Å². The maximum Gasteiger partial charge on any atom is 0.00108 e. The standard InChI is InChI=1S/C15H27N/c1-11(2)9-16-10-15(14-4-3-5-14)7-12-6-13(12)8-15/h11-14,16H,3-10H2,1-2H3. The molecule has 0 amide bonds. The van der Waals surface area contributed by atoms with Gasteiger partial charge in [-0.25, -0.2) is 0 Å². The molecule has 92 valence electrons. The zero-order valence-electron chi connectivity index (χ0n) is 11.0. The maximum atomic E-state index is 3.76. The van der Waals surface area contributed by atoms with Gasteiger partial charge in [-0.3, -0.25) is 0 Å². The van der Waals surface area contributed by atoms with Crippen LogP contribution in [0.4, 0.5) is 0 Å². The Morgan fingerprint density at radius 1 is 1.19 bits per heavy atom. The number of rotatable bonds is 5. The van der Waals surface area contributed by atoms with Crippen molar-refractivity contribution in [2.45, 2.75) is 52.4 Å². The van der Waals surface area contributed by atoms with Crippen molar-refractivity contribution in [2.75, 3.05) is 13.1 Å². The Bertz CT molecular complexity index is 244. The molecule has 3 fully saturated rings. The first-order valence-corrected chi connectivity index (χ1v) is 7.40. The van der Waals surface area contributed by atoms with Crippen molar-refractivity contribution in [2.24, 2.45) is 29.1 Å². The van der Waals surface area contributed by atoms with Crippen molar-refractivity contribution in [3.63, 3.8) is 0 Å². The fourth-order valence-electron chi connectivity index (χ4n) is 4.19. The minimum Gasteiger partial charge on any atom is -0.316 e. The van der Waals surface area contributed by atoms with Gasteiger partial charge in [0, 0.05) is 6.54 Å². The molecule has 2 atom stereocenters. The first-order valence-electron chi connectivity index (χ1n) is 7.40. The SMILES string of the molecule is CC(C)CNCC1(C2CCC2)CC2CC2C1. The van der Waals surface area contributed by atoms with Gasteiger partial charge in [-0.1, -0.05) is 20.3 Å². The molecule has 0 radical (unpaired) electrons. The van der Waals surface area contributed by atoms with Crippen LogP contribution in [0.25, 0.3) is 0 Å². The minimum atomic E-state index is 0.737. The van der Waals surface area contributed by atoms with Crippen molar-refractivity contribution in [3.05, 3.63) is 0 Å². The van der Waals surface area contributed by atoms with Crippen LogP contribution in [0, 0.1) is 29.1 Å². The Balaban J connectivity index is 1.57. The summed E-state index contributed by atoms with van der Waals surface area (Å²) >= 11 is 0. The summed E-state index contributed by atoms with van der Waals surface area (Å²) in [4.78, 5) is 0. The van der Waals surface area contributed by atoms with Gasteiger partial charge in [0.1, 0.15) is 0 Å². The molecule has 0 spiro atoms. The summed E-state index contributed by atoms with van der Waals surface area (Å²) in [6, 6.07) is 0. The molecule has 3 saturated carbocycles. The largest absolute Gasteiger partial charge is 0.316 e. The predicted octanol–water partition coefficient (Wildman–Crippen LogP) is 3.45. The number of hydrogen-bond donors (Lipinski definition) is 1. The van der Waals surface area contributed by atoms with Crippen LogP contribution < -0.4 is 5.32 Å². The Hall–Kier alpha value is -0.0400. The van der Waals surface area contributed by atoms with Crippen LogP contribution in [-0.2, 0) is 0 Å². The summed E-state index contributed by atoms with van der Waals surface area (Å²) in [7, 11) is 0. The molecule has 0 aromatic carbocycles. The third-order valence-corrected chi connectivity index (χ3v) is 5.41. The van der Waals surface area contributed by atoms with E-state index in [1.807, 2.05) is 0 Å². The zero-order valence-corrected chi connectivity index (χ0v) is 11.0. The van der Waals surface area contributed by atoms with E-state index in [9.17, 15) is 0 Å². The van der Waals surface area contributed by atoms with Gasteiger partial charge in [0.25, 0.3) is 0 Å². The average Bonchev–Trinajstić information content (AvgIpc) is 2.71. The highest BCUT2D eigenvalue weighted by Crippen LogP contribution is 2.64. The van der Waals surface area contributed by atoms with Crippen molar-refractivity contribution in [3.8, 4) is 0 Å². The van der Waals surface area contributed by atoms with Crippen LogP contribution in [0.5, 0.6) is 0 Å². The number of fused-ring (bicyclic) bond motifs is 1. The average molecular weight is 221 g/mol. The van der Waals surface area contributed by atoms with Gasteiger partial charge in [-0.15, -0.1) is 0 Å². The smallest absolute Gasteiger partial charge is 0.00108 e. The second kappa shape index (κ2) is 4.01. The highest BCUT2D eigenvalue weighted by Gasteiger charge is 2.56. The summed E-state index contributed by atoms with van der Waals surface area (Å²) in [6.07, 6.45) is 9.26. The quantitative estimate of drug-likeness (QED) is 0.750. The van der Waals surface area contributed by atoms with Crippen molar-refractivity contribution >= 4 is 0 Å². The predicted molar refractivity (Wildman–Crippen MR) is 68.3 cm³/mol. The molecule has 3 aliphatic rings. The summed E-state index contributed by atoms with van der Waals surface area (Å²) < 4.78 is 0. The number of nitrogens with one attached hydrogen (secondary N) is 1. The van der Waals surface area contributed by atoms with Crippen molar-refractivity contribution in [1.29, 1.82) is 0 Å². The summed E-state index contributed by atoms with van der Waals surface area (Å²) in [5.74, 6) is 4.16. The van der Waals surface area contributed by atoms with Crippen LogP contribution in [-0.4, -0.2) is 13.1 Å². The van der Waals surface area contributed by atoms with Gasteiger partial charge in [0.2, 0.25) is 0 Å². The lowest BCUT2D eigenvalue weighted by Crippen LogP contribution is -2.43. The summed E-state index contributed by atoms with van der Waals surface area (Å²) in [6.45, 7) is 7.16. The molecule has 16 heavy (non-hydrogen) atoms. The third-order valence-electron chi connectivity index (χ3n) is 5.41. The molecule has 0 saturated heterocycles. The second-order valence-electron chi connectivity index (χ2n) is 7.18. The highest BCUT2D eigenvalue weighted by atomic mass is 14.9. The molecule has 2 unspecified atom stereocenters. The van der Waals surface area contributed by atoms with E-state index in [1.165, 1.54) is 32.4 Å². The van der Waals surface area contributed by atoms with E-state index in [0.717, 1.165) is 29.1 Å². The monoisotopic (exact) mass is 221 g/mol. The third kappa shape index (κ3) is 1.92. The van der Waals surface area contributed by atoms with Gasteiger partial charge in [0.15, 0.2) is 0 Å². The number of hydrogen-bond acceptors (Lipinski definition) is 1. The molecule has 1 nitrogen and oxygen atoms in total. The second-order valence-corrected chi connectivity index (χ2v) is 7.18. The van der Waals surface area contributed by atoms with Crippen molar-refractivity contribution in [1.82, 2.24) is 5.32 Å². The fraction of sp³-hybridized carbons (Fsp3) is 1.00. The lowest BCUT2D eigenvalue weighted by atomic mass is 9.63. The molecular formula is C15H27N. The first kappa shape index (κ1) is 11.1. The minimum absolute atomic E-state index is 0.737. The Morgan fingerprint density at radius 2 is 1.88 bits per heavy atom. The molecule has 1 heteroatoms. The lowest BCUT2D eigenvalue weighted by Gasteiger charge is -2.44. The van der Waals surface area contributed by atoms with E-state index in [4.69, 9.17) is 0 Å². The molecule has 3 rings (SSSR count). The normalized spacial score (nSPS) is 42.2. The molecule has 0 heterocycles. The van der Waals surface area contributed by atoms with Crippen LogP contribution in [0.2, 0.25) is 0 Å². The Kier molecular flexibility index (Phi) is 2.78. The van der Waals surface area contributed by atoms with E-state index >= 15 is 0 Å². The van der Waals surface area contributed by atoms with Gasteiger partial charge >= 0.3 is 0 Å². The Labute approximate surface area is 100 Å².